The molecule has 4 rings (SSSR count). The molecule has 0 fully saturated rings. The molecule has 7 heteroatoms. The van der Waals surface area contributed by atoms with E-state index in [2.05, 4.69) is 24.5 Å². The highest BCUT2D eigenvalue weighted by molar-refractivity contribution is 7.10. The number of nitrogens with zero attached hydrogens (tertiary/aromatic N) is 1. The molecule has 6 nitrogen and oxygen atoms in total. The zero-order valence-corrected chi connectivity index (χ0v) is 18.8. The van der Waals surface area contributed by atoms with Gasteiger partial charge in [-0.05, 0) is 35.4 Å². The third-order valence-electron chi connectivity index (χ3n) is 5.83. The summed E-state index contributed by atoms with van der Waals surface area (Å²) in [5, 5.41) is 8.02. The Labute approximate surface area is 186 Å². The van der Waals surface area contributed by atoms with Gasteiger partial charge < -0.3 is 10.6 Å². The van der Waals surface area contributed by atoms with Crippen LogP contribution in [0.2, 0.25) is 0 Å². The quantitative estimate of drug-likeness (QED) is 0.742. The number of amides is 2. The second kappa shape index (κ2) is 8.30. The van der Waals surface area contributed by atoms with Crippen LogP contribution < -0.4 is 15.5 Å². The summed E-state index contributed by atoms with van der Waals surface area (Å²) >= 11 is 1.53. The molecule has 1 aromatic carbocycles. The summed E-state index contributed by atoms with van der Waals surface area (Å²) in [7, 11) is 1.56. The van der Waals surface area contributed by atoms with Crippen LogP contribution in [0.15, 0.2) is 53.0 Å². The predicted octanol–water partition coefficient (Wildman–Crippen LogP) is 4.42. The molecule has 2 amide bonds. The number of allylic oxidation sites excluding steroid dienone is 1. The molecule has 2 N–H and O–H groups in total. The lowest BCUT2D eigenvalue weighted by Gasteiger charge is -2.36. The Morgan fingerprint density at radius 2 is 1.94 bits per heavy atom. The van der Waals surface area contributed by atoms with Gasteiger partial charge in [-0.3, -0.25) is 19.3 Å². The molecule has 1 aliphatic carbocycles. The van der Waals surface area contributed by atoms with Crippen LogP contribution in [-0.4, -0.2) is 24.6 Å². The van der Waals surface area contributed by atoms with Crippen molar-refractivity contribution in [1.82, 2.24) is 5.32 Å². The summed E-state index contributed by atoms with van der Waals surface area (Å²) in [4.78, 5) is 41.4. The molecular weight excluding hydrogens is 410 g/mol. The third-order valence-corrected chi connectivity index (χ3v) is 6.75. The first kappa shape index (κ1) is 21.3. The average Bonchev–Trinajstić information content (AvgIpc) is 3.20. The van der Waals surface area contributed by atoms with Crippen LogP contribution in [0.4, 0.5) is 11.4 Å². The molecule has 2 aliphatic rings. The van der Waals surface area contributed by atoms with Crippen LogP contribution in [0.1, 0.15) is 50.4 Å². The van der Waals surface area contributed by atoms with Crippen molar-refractivity contribution in [3.8, 4) is 0 Å². The van der Waals surface area contributed by atoms with Crippen LogP contribution in [0, 0.1) is 5.41 Å². The number of nitrogens with one attached hydrogen (secondary N) is 2. The first-order valence-corrected chi connectivity index (χ1v) is 11.4. The number of ketones is 1. The van der Waals surface area contributed by atoms with Crippen molar-refractivity contribution in [2.75, 3.05) is 17.3 Å². The van der Waals surface area contributed by atoms with Crippen LogP contribution in [-0.2, 0) is 14.4 Å². The lowest BCUT2D eigenvalue weighted by atomic mass is 9.74. The van der Waals surface area contributed by atoms with Crippen molar-refractivity contribution in [3.05, 3.63) is 57.9 Å². The zero-order chi connectivity index (χ0) is 22.2. The SMILES string of the molecule is CNC(=O)CCC(=O)N1c2ccccc2NC2=C(C(=O)CC(C)(C)C2)[C@H]1c1cccs1. The van der Waals surface area contributed by atoms with Crippen molar-refractivity contribution in [1.29, 1.82) is 0 Å². The van der Waals surface area contributed by atoms with E-state index < -0.39 is 6.04 Å². The highest BCUT2D eigenvalue weighted by Gasteiger charge is 2.43. The second-order valence-corrected chi connectivity index (χ2v) is 9.81. The van der Waals surface area contributed by atoms with Crippen molar-refractivity contribution >= 4 is 40.3 Å². The molecule has 162 valence electrons. The van der Waals surface area contributed by atoms with Crippen LogP contribution in [0.5, 0.6) is 0 Å². The monoisotopic (exact) mass is 437 g/mol. The van der Waals surface area contributed by atoms with E-state index in [0.717, 1.165) is 28.4 Å². The second-order valence-electron chi connectivity index (χ2n) is 8.83. The minimum Gasteiger partial charge on any atom is -0.359 e. The lowest BCUT2D eigenvalue weighted by Crippen LogP contribution is -2.39. The number of fused-ring (bicyclic) bond motifs is 1. The summed E-state index contributed by atoms with van der Waals surface area (Å²) in [5.41, 5.74) is 2.91. The van der Waals surface area contributed by atoms with Gasteiger partial charge in [0.1, 0.15) is 6.04 Å². The Kier molecular flexibility index (Phi) is 5.71. The number of carbonyl (C=O) groups excluding carboxylic acids is 3. The van der Waals surface area contributed by atoms with Gasteiger partial charge in [0.15, 0.2) is 5.78 Å². The van der Waals surface area contributed by atoms with Crippen LogP contribution in [0.25, 0.3) is 0 Å². The number of hydrogen-bond donors (Lipinski definition) is 2. The molecule has 1 atom stereocenters. The largest absolute Gasteiger partial charge is 0.359 e. The minimum absolute atomic E-state index is 0.0639. The van der Waals surface area contributed by atoms with Crippen molar-refractivity contribution in [2.45, 2.75) is 45.6 Å². The van der Waals surface area contributed by atoms with Crippen molar-refractivity contribution < 1.29 is 14.4 Å². The summed E-state index contributed by atoms with van der Waals surface area (Å²) in [6.07, 6.45) is 1.33. The van der Waals surface area contributed by atoms with Gasteiger partial charge in [-0.15, -0.1) is 11.3 Å². The van der Waals surface area contributed by atoms with Crippen LogP contribution >= 0.6 is 11.3 Å². The molecule has 2 aromatic rings. The molecule has 0 unspecified atom stereocenters. The Morgan fingerprint density at radius 1 is 1.16 bits per heavy atom. The Morgan fingerprint density at radius 3 is 2.65 bits per heavy atom. The van der Waals surface area contributed by atoms with Gasteiger partial charge in [0, 0.05) is 42.5 Å². The number of para-hydroxylation sites is 2. The summed E-state index contributed by atoms with van der Waals surface area (Å²) < 4.78 is 0. The van der Waals surface area contributed by atoms with E-state index in [4.69, 9.17) is 0 Å². The first-order chi connectivity index (χ1) is 14.8. The maximum absolute atomic E-state index is 13.5. The lowest BCUT2D eigenvalue weighted by molar-refractivity contribution is -0.125. The number of rotatable bonds is 4. The third kappa shape index (κ3) is 4.14. The molecule has 1 aromatic heterocycles. The molecule has 0 spiro atoms. The predicted molar refractivity (Wildman–Crippen MR) is 123 cm³/mol. The Bertz CT molecular complexity index is 1060. The summed E-state index contributed by atoms with van der Waals surface area (Å²) in [5.74, 6) is -0.297. The molecule has 0 bridgehead atoms. The smallest absolute Gasteiger partial charge is 0.228 e. The number of benzene rings is 1. The summed E-state index contributed by atoms with van der Waals surface area (Å²) in [6.45, 7) is 4.19. The van der Waals surface area contributed by atoms with E-state index in [0.29, 0.717) is 12.0 Å². The van der Waals surface area contributed by atoms with E-state index in [1.54, 1.807) is 11.9 Å². The van der Waals surface area contributed by atoms with Gasteiger partial charge in [0.2, 0.25) is 11.8 Å². The molecular formula is C24H27N3O3S. The fourth-order valence-corrected chi connectivity index (χ4v) is 5.27. The molecule has 0 radical (unpaired) electrons. The van der Waals surface area contributed by atoms with Crippen LogP contribution in [0.3, 0.4) is 0 Å². The average molecular weight is 438 g/mol. The molecule has 31 heavy (non-hydrogen) atoms. The van der Waals surface area contributed by atoms with E-state index in [1.807, 2.05) is 41.8 Å². The van der Waals surface area contributed by atoms with E-state index in [9.17, 15) is 14.4 Å². The maximum Gasteiger partial charge on any atom is 0.228 e. The van der Waals surface area contributed by atoms with Gasteiger partial charge in [-0.2, -0.15) is 0 Å². The van der Waals surface area contributed by atoms with Gasteiger partial charge >= 0.3 is 0 Å². The highest BCUT2D eigenvalue weighted by atomic mass is 32.1. The number of thiophene rings is 1. The fraction of sp³-hybridized carbons (Fsp3) is 0.375. The maximum atomic E-state index is 13.5. The Balaban J connectivity index is 1.88. The molecule has 0 saturated carbocycles. The normalized spacial score (nSPS) is 19.8. The molecule has 2 heterocycles. The van der Waals surface area contributed by atoms with Crippen molar-refractivity contribution in [2.24, 2.45) is 5.41 Å². The topological polar surface area (TPSA) is 78.5 Å². The Hall–Kier alpha value is -2.93. The van der Waals surface area contributed by atoms with E-state index >= 15 is 0 Å². The number of hydrogen-bond acceptors (Lipinski definition) is 5. The standard InChI is InChI=1S/C24H27N3O3S/c1-24(2)13-16-22(18(28)14-24)23(19-9-6-12-31-19)27(21(30)11-10-20(29)25-3)17-8-5-4-7-15(17)26-16/h4-9,12,23,26H,10-11,13-14H2,1-3H3,(H,25,29)/t23-/m1/s1. The number of carbonyl (C=O) groups is 3. The fourth-order valence-electron chi connectivity index (χ4n) is 4.44. The molecule has 0 saturated heterocycles. The molecule has 1 aliphatic heterocycles. The number of Topliss-reactive ketones (excluding diaryl/α,β-unsaturated/α-hetero) is 1. The van der Waals surface area contributed by atoms with Gasteiger partial charge in [-0.25, -0.2) is 0 Å². The van der Waals surface area contributed by atoms with E-state index in [-0.39, 0.29) is 35.9 Å². The summed E-state index contributed by atoms with van der Waals surface area (Å²) in [6, 6.07) is 11.0. The van der Waals surface area contributed by atoms with Gasteiger partial charge in [0.05, 0.1) is 11.4 Å². The van der Waals surface area contributed by atoms with Crippen molar-refractivity contribution in [3.63, 3.8) is 0 Å². The highest BCUT2D eigenvalue weighted by Crippen LogP contribution is 2.49. The zero-order valence-electron chi connectivity index (χ0n) is 18.0. The first-order valence-electron chi connectivity index (χ1n) is 10.5. The number of anilines is 2. The van der Waals surface area contributed by atoms with E-state index in [1.165, 1.54) is 11.3 Å². The van der Waals surface area contributed by atoms with Gasteiger partial charge in [0.25, 0.3) is 0 Å². The minimum atomic E-state index is -0.507. The van der Waals surface area contributed by atoms with Gasteiger partial charge in [-0.1, -0.05) is 32.0 Å².